The molecule has 1 aromatic heterocycles. The average Bonchev–Trinajstić information content (AvgIpc) is 2.70. The highest BCUT2D eigenvalue weighted by Crippen LogP contribution is 2.42. The van der Waals surface area contributed by atoms with Gasteiger partial charge >= 0.3 is 0 Å². The molecule has 1 saturated carbocycles. The molecule has 0 bridgehead atoms. The van der Waals surface area contributed by atoms with Crippen molar-refractivity contribution < 1.29 is 8.78 Å². The van der Waals surface area contributed by atoms with Crippen LogP contribution >= 0.6 is 11.6 Å². The van der Waals surface area contributed by atoms with Gasteiger partial charge in [0.25, 0.3) is 0 Å². The van der Waals surface area contributed by atoms with Gasteiger partial charge in [0.15, 0.2) is 11.6 Å². The molecule has 5 heteroatoms. The van der Waals surface area contributed by atoms with Crippen molar-refractivity contribution in [3.05, 3.63) is 29.6 Å². The molecule has 1 aromatic carbocycles. The van der Waals surface area contributed by atoms with E-state index in [9.17, 15) is 8.78 Å². The van der Waals surface area contributed by atoms with Crippen molar-refractivity contribution in [1.29, 1.82) is 0 Å². The molecule has 3 rings (SSSR count). The summed E-state index contributed by atoms with van der Waals surface area (Å²) in [4.78, 5) is 4.30. The van der Waals surface area contributed by atoms with Crippen molar-refractivity contribution in [2.24, 2.45) is 5.41 Å². The van der Waals surface area contributed by atoms with Gasteiger partial charge < -0.3 is 4.57 Å². The highest BCUT2D eigenvalue weighted by molar-refractivity contribution is 6.16. The van der Waals surface area contributed by atoms with E-state index >= 15 is 0 Å². The molecule has 0 spiro atoms. The summed E-state index contributed by atoms with van der Waals surface area (Å²) in [6, 6.07) is 2.61. The minimum Gasteiger partial charge on any atom is -0.324 e. The number of nitrogens with zero attached hydrogens (tertiary/aromatic N) is 2. The number of hydrogen-bond donors (Lipinski definition) is 0. The molecule has 0 unspecified atom stereocenters. The van der Waals surface area contributed by atoms with Crippen molar-refractivity contribution in [3.8, 4) is 0 Å². The standard InChI is InChI=1S/C14H15ClF2N2/c1-14(5-2-6-14)8-19-11(7-15)18-10-4-3-9(16)12(17)13(10)19/h3-4H,2,5-8H2,1H3. The third kappa shape index (κ3) is 2.02. The topological polar surface area (TPSA) is 17.8 Å². The van der Waals surface area contributed by atoms with Gasteiger partial charge in [-0.1, -0.05) is 13.3 Å². The molecule has 0 amide bonds. The van der Waals surface area contributed by atoms with Crippen LogP contribution in [0.4, 0.5) is 8.78 Å². The Labute approximate surface area is 115 Å². The lowest BCUT2D eigenvalue weighted by Gasteiger charge is -2.39. The zero-order valence-electron chi connectivity index (χ0n) is 10.7. The monoisotopic (exact) mass is 284 g/mol. The van der Waals surface area contributed by atoms with Gasteiger partial charge in [0.2, 0.25) is 0 Å². The highest BCUT2D eigenvalue weighted by atomic mass is 35.5. The first kappa shape index (κ1) is 12.9. The molecule has 0 aliphatic heterocycles. The molecule has 1 fully saturated rings. The van der Waals surface area contributed by atoms with Gasteiger partial charge in [-0.2, -0.15) is 0 Å². The molecule has 1 aliphatic carbocycles. The third-order valence-corrected chi connectivity index (χ3v) is 4.34. The van der Waals surface area contributed by atoms with Crippen LogP contribution in [0.5, 0.6) is 0 Å². The predicted molar refractivity (Wildman–Crippen MR) is 71.2 cm³/mol. The zero-order chi connectivity index (χ0) is 13.6. The maximum atomic E-state index is 14.0. The summed E-state index contributed by atoms with van der Waals surface area (Å²) in [5, 5.41) is 0. The van der Waals surface area contributed by atoms with E-state index in [1.165, 1.54) is 12.5 Å². The SMILES string of the molecule is CC1(Cn2c(CCl)nc3ccc(F)c(F)c32)CCC1. The van der Waals surface area contributed by atoms with Crippen molar-refractivity contribution in [2.45, 2.75) is 38.6 Å². The fourth-order valence-electron chi connectivity index (χ4n) is 2.80. The summed E-state index contributed by atoms with van der Waals surface area (Å²) >= 11 is 5.89. The smallest absolute Gasteiger partial charge is 0.184 e. The van der Waals surface area contributed by atoms with E-state index in [0.717, 1.165) is 18.9 Å². The maximum absolute atomic E-state index is 14.0. The molecular formula is C14H15ClF2N2. The summed E-state index contributed by atoms with van der Waals surface area (Å²) < 4.78 is 29.2. The van der Waals surface area contributed by atoms with E-state index < -0.39 is 11.6 Å². The molecule has 102 valence electrons. The van der Waals surface area contributed by atoms with E-state index in [1.54, 1.807) is 4.57 Å². The Bertz CT molecular complexity index is 632. The molecule has 0 atom stereocenters. The van der Waals surface area contributed by atoms with Crippen molar-refractivity contribution in [3.63, 3.8) is 0 Å². The lowest BCUT2D eigenvalue weighted by molar-refractivity contribution is 0.132. The van der Waals surface area contributed by atoms with E-state index in [0.29, 0.717) is 17.9 Å². The lowest BCUT2D eigenvalue weighted by atomic mass is 9.70. The van der Waals surface area contributed by atoms with Crippen LogP contribution in [0, 0.1) is 17.0 Å². The molecule has 0 N–H and O–H groups in total. The first-order valence-electron chi connectivity index (χ1n) is 6.43. The Morgan fingerprint density at radius 3 is 2.68 bits per heavy atom. The minimum absolute atomic E-state index is 0.146. The van der Waals surface area contributed by atoms with Gasteiger partial charge in [-0.15, -0.1) is 11.6 Å². The van der Waals surface area contributed by atoms with Crippen LogP contribution in [0.1, 0.15) is 32.0 Å². The summed E-state index contributed by atoms with van der Waals surface area (Å²) in [7, 11) is 0. The molecule has 2 aromatic rings. The first-order valence-corrected chi connectivity index (χ1v) is 6.97. The minimum atomic E-state index is -0.839. The summed E-state index contributed by atoms with van der Waals surface area (Å²) in [5.41, 5.74) is 0.856. The lowest BCUT2D eigenvalue weighted by Crippen LogP contribution is -2.31. The van der Waals surface area contributed by atoms with Crippen LogP contribution in [-0.2, 0) is 12.4 Å². The summed E-state index contributed by atoms with van der Waals surface area (Å²) in [6.07, 6.45) is 3.40. The van der Waals surface area contributed by atoms with Crippen LogP contribution in [0.15, 0.2) is 12.1 Å². The van der Waals surface area contributed by atoms with Crippen LogP contribution in [0.2, 0.25) is 0 Å². The van der Waals surface area contributed by atoms with Gasteiger partial charge in [-0.3, -0.25) is 0 Å². The Morgan fingerprint density at radius 2 is 2.11 bits per heavy atom. The quantitative estimate of drug-likeness (QED) is 0.771. The van der Waals surface area contributed by atoms with Crippen molar-refractivity contribution in [2.75, 3.05) is 0 Å². The van der Waals surface area contributed by atoms with E-state index in [4.69, 9.17) is 11.6 Å². The largest absolute Gasteiger partial charge is 0.324 e. The Hall–Kier alpha value is -1.16. The maximum Gasteiger partial charge on any atom is 0.184 e. The van der Waals surface area contributed by atoms with Crippen LogP contribution in [-0.4, -0.2) is 9.55 Å². The van der Waals surface area contributed by atoms with Crippen molar-refractivity contribution in [1.82, 2.24) is 9.55 Å². The molecule has 0 saturated heterocycles. The van der Waals surface area contributed by atoms with Gasteiger partial charge in [0.05, 0.1) is 11.4 Å². The van der Waals surface area contributed by atoms with Crippen LogP contribution < -0.4 is 0 Å². The number of rotatable bonds is 3. The van der Waals surface area contributed by atoms with Gasteiger partial charge in [0.1, 0.15) is 11.3 Å². The fraction of sp³-hybridized carbons (Fsp3) is 0.500. The third-order valence-electron chi connectivity index (χ3n) is 4.10. The normalized spacial score (nSPS) is 17.7. The van der Waals surface area contributed by atoms with Gasteiger partial charge in [-0.05, 0) is 30.4 Å². The second-order valence-electron chi connectivity index (χ2n) is 5.64. The number of aromatic nitrogens is 2. The molecule has 0 radical (unpaired) electrons. The molecular weight excluding hydrogens is 270 g/mol. The number of halogens is 3. The van der Waals surface area contributed by atoms with E-state index in [1.807, 2.05) is 0 Å². The zero-order valence-corrected chi connectivity index (χ0v) is 11.5. The predicted octanol–water partition coefficient (Wildman–Crippen LogP) is 4.24. The van der Waals surface area contributed by atoms with E-state index in [-0.39, 0.29) is 16.8 Å². The number of alkyl halides is 1. The fourth-order valence-corrected chi connectivity index (χ4v) is 3.00. The molecule has 1 aliphatic rings. The number of fused-ring (bicyclic) bond motifs is 1. The number of hydrogen-bond acceptors (Lipinski definition) is 1. The first-order chi connectivity index (χ1) is 9.04. The molecule has 19 heavy (non-hydrogen) atoms. The van der Waals surface area contributed by atoms with Crippen molar-refractivity contribution >= 4 is 22.6 Å². The number of benzene rings is 1. The van der Waals surface area contributed by atoms with Gasteiger partial charge in [0, 0.05) is 6.54 Å². The Morgan fingerprint density at radius 1 is 1.37 bits per heavy atom. The van der Waals surface area contributed by atoms with Gasteiger partial charge in [-0.25, -0.2) is 13.8 Å². The highest BCUT2D eigenvalue weighted by Gasteiger charge is 2.33. The van der Waals surface area contributed by atoms with E-state index in [2.05, 4.69) is 11.9 Å². The molecule has 2 nitrogen and oxygen atoms in total. The second kappa shape index (κ2) is 4.44. The molecule has 1 heterocycles. The summed E-state index contributed by atoms with van der Waals surface area (Å²) in [5.74, 6) is -0.863. The van der Waals surface area contributed by atoms with Crippen LogP contribution in [0.3, 0.4) is 0 Å². The Kier molecular flexibility index (Phi) is 3.01. The van der Waals surface area contributed by atoms with Crippen LogP contribution in [0.25, 0.3) is 11.0 Å². The summed E-state index contributed by atoms with van der Waals surface area (Å²) in [6.45, 7) is 2.81. The average molecular weight is 285 g/mol. The number of imidazole rings is 1. The Balaban J connectivity index is 2.16. The second-order valence-corrected chi connectivity index (χ2v) is 5.91.